The van der Waals surface area contributed by atoms with Crippen LogP contribution in [-0.4, -0.2) is 130 Å². The fraction of sp³-hybridized carbons (Fsp3) is 0.818. The van der Waals surface area contributed by atoms with Crippen LogP contribution in [0.25, 0.3) is 0 Å². The van der Waals surface area contributed by atoms with Crippen LogP contribution in [0.5, 0.6) is 0 Å². The molecule has 6 aliphatic rings. The zero-order valence-electron chi connectivity index (χ0n) is 35.3. The number of carbonyl (C=O) groups excluding carboxylic acids is 2. The van der Waals surface area contributed by atoms with Crippen LogP contribution in [0, 0.1) is 35.5 Å². The molecule has 3 aliphatic heterocycles. The topological polar surface area (TPSA) is 131 Å². The Bertz CT molecular complexity index is 1450. The van der Waals surface area contributed by atoms with Crippen molar-refractivity contribution in [1.29, 1.82) is 0 Å². The van der Waals surface area contributed by atoms with Gasteiger partial charge in [0.1, 0.15) is 23.9 Å². The molecule has 0 aromatic heterocycles. The molecule has 6 rings (SSSR count). The Hall–Kier alpha value is -2.00. The van der Waals surface area contributed by atoms with Gasteiger partial charge in [-0.15, -0.1) is 0 Å². The Balaban J connectivity index is 1.26. The first-order valence-electron chi connectivity index (χ1n) is 21.1. The fourth-order valence-electron chi connectivity index (χ4n) is 10.8. The molecular weight excluding hydrogens is 718 g/mol. The minimum absolute atomic E-state index is 0.000578. The Morgan fingerprint density at radius 3 is 2.27 bits per heavy atom. The van der Waals surface area contributed by atoms with E-state index in [1.165, 1.54) is 0 Å². The third-order valence-electron chi connectivity index (χ3n) is 13.8. The molecule has 3 saturated heterocycles. The predicted molar refractivity (Wildman–Crippen MR) is 209 cm³/mol. The molecule has 12 nitrogen and oxygen atoms in total. The van der Waals surface area contributed by atoms with Crippen LogP contribution in [0.2, 0.25) is 0 Å². The number of nitrogens with zero attached hydrogens (tertiary/aromatic N) is 1. The van der Waals surface area contributed by atoms with Crippen LogP contribution in [0.3, 0.4) is 0 Å². The van der Waals surface area contributed by atoms with Crippen molar-refractivity contribution >= 4 is 11.8 Å². The number of likely N-dealkylation sites (N-methyl/N-ethyl adjacent to an activating group) is 1. The molecular formula is C44H69NO11. The number of rotatable bonds is 10. The quantitative estimate of drug-likeness (QED) is 0.225. The summed E-state index contributed by atoms with van der Waals surface area (Å²) >= 11 is 0. The van der Waals surface area contributed by atoms with E-state index >= 15 is 0 Å². The maximum absolute atomic E-state index is 14.8. The molecule has 316 valence electrons. The minimum atomic E-state index is -0.798. The van der Waals surface area contributed by atoms with E-state index in [9.17, 15) is 14.7 Å². The number of cyclic esters (lactones) is 1. The maximum atomic E-state index is 14.8. The lowest BCUT2D eigenvalue weighted by Gasteiger charge is -2.44. The normalized spacial score (nSPS) is 46.1. The van der Waals surface area contributed by atoms with E-state index in [-0.39, 0.29) is 72.2 Å². The second-order valence-corrected chi connectivity index (χ2v) is 17.6. The molecule has 0 spiro atoms. The van der Waals surface area contributed by atoms with Crippen molar-refractivity contribution in [2.24, 2.45) is 35.5 Å². The first-order valence-corrected chi connectivity index (χ1v) is 21.1. The average Bonchev–Trinajstić information content (AvgIpc) is 3.68. The van der Waals surface area contributed by atoms with Gasteiger partial charge in [-0.05, 0) is 109 Å². The predicted octanol–water partition coefficient (Wildman–Crippen LogP) is 5.40. The van der Waals surface area contributed by atoms with E-state index in [2.05, 4.69) is 57.1 Å². The zero-order valence-corrected chi connectivity index (χ0v) is 35.3. The number of esters is 1. The number of methoxy groups -OCH3 is 3. The molecule has 0 unspecified atom stereocenters. The van der Waals surface area contributed by atoms with E-state index in [1.54, 1.807) is 21.3 Å². The van der Waals surface area contributed by atoms with E-state index in [1.807, 2.05) is 26.8 Å². The number of ketones is 1. The molecule has 56 heavy (non-hydrogen) atoms. The van der Waals surface area contributed by atoms with Gasteiger partial charge < -0.3 is 47.9 Å². The second-order valence-electron chi connectivity index (χ2n) is 17.6. The average molecular weight is 788 g/mol. The number of aliphatic hydroxyl groups is 1. The van der Waals surface area contributed by atoms with Gasteiger partial charge in [0.2, 0.25) is 0 Å². The molecule has 3 heterocycles. The monoisotopic (exact) mass is 787 g/mol. The Kier molecular flexibility index (Phi) is 14.4. The van der Waals surface area contributed by atoms with Crippen molar-refractivity contribution in [1.82, 2.24) is 4.90 Å². The summed E-state index contributed by atoms with van der Waals surface area (Å²) in [5.41, 5.74) is -0.116. The molecule has 12 heteroatoms. The van der Waals surface area contributed by atoms with Crippen LogP contribution in [0.15, 0.2) is 36.0 Å². The number of Topliss-reactive ketones (excluding diaryl/α,β-unsaturated/α-hetero) is 1. The van der Waals surface area contributed by atoms with Crippen LogP contribution >= 0.6 is 0 Å². The summed E-state index contributed by atoms with van der Waals surface area (Å²) in [5.74, 6) is -1.51. The van der Waals surface area contributed by atoms with Crippen LogP contribution in [0.1, 0.15) is 86.0 Å². The smallest absolute Gasteiger partial charge is 0.307 e. The van der Waals surface area contributed by atoms with Gasteiger partial charge in [0.05, 0.1) is 36.9 Å². The summed E-state index contributed by atoms with van der Waals surface area (Å²) in [6, 6.07) is 0.306. The van der Waals surface area contributed by atoms with Crippen molar-refractivity contribution in [2.75, 3.05) is 35.4 Å². The lowest BCUT2D eigenvalue weighted by Crippen LogP contribution is -2.60. The lowest BCUT2D eigenvalue weighted by atomic mass is 9.70. The van der Waals surface area contributed by atoms with Gasteiger partial charge >= 0.3 is 5.97 Å². The summed E-state index contributed by atoms with van der Waals surface area (Å²) < 4.78 is 49.6. The zero-order chi connectivity index (χ0) is 40.5. The molecule has 3 aliphatic carbocycles. The summed E-state index contributed by atoms with van der Waals surface area (Å²) in [5, 5.41) is 11.8. The first-order chi connectivity index (χ1) is 26.7. The van der Waals surface area contributed by atoms with Crippen LogP contribution in [0.4, 0.5) is 0 Å². The Morgan fingerprint density at radius 2 is 1.61 bits per heavy atom. The summed E-state index contributed by atoms with van der Waals surface area (Å²) in [6.07, 6.45) is 11.0. The second kappa shape index (κ2) is 18.5. The highest BCUT2D eigenvalue weighted by Gasteiger charge is 2.55. The van der Waals surface area contributed by atoms with Crippen molar-refractivity contribution in [3.05, 3.63) is 36.0 Å². The van der Waals surface area contributed by atoms with E-state index < -0.39 is 48.5 Å². The summed E-state index contributed by atoms with van der Waals surface area (Å²) in [6.45, 7) is 10.0. The van der Waals surface area contributed by atoms with Gasteiger partial charge in [-0.3, -0.25) is 9.59 Å². The Labute approximate surface area is 334 Å². The molecule has 0 aromatic carbocycles. The SMILES string of the molecule is CC/C=C/[C@@]1(C)CCC[C@H](O[C@H]2CC[C@H](N(C)C)[C@@H](C)O2)[C@@H](C)C(=O)C2=C[C@@H]3[C@@H](C=C[C@@H]4[C@H](O)[C@@H](O[C@@H]5O[C@@H](C)[C@H](OC)[C@@H](OC)[C@H]5OC)C[C@H]43)[C@@H]2CC(=O)O1. The molecule has 1 saturated carbocycles. The standard InChI is InChI=1S/C44H69NO11/c1-11-12-19-44(5)20-13-14-34(54-37-18-17-33(45(6)7)25(3)52-37)24(2)38(47)32-21-29-27(31(32)23-36(46)56-44)15-16-28-30(29)22-35(39(28)48)55-43-42(51-10)41(50-9)40(49-8)26(4)53-43/h12,15-16,19,21,24-31,33-35,37,39-43,48H,11,13-14,17-18,20,22-23H2,1-10H3/b19-12+/t24-,25-,26+,27-,28+,29-,30-,31+,33+,34+,35+,37+,39+,40+,41-,42-,43+,44+/m1/s1. The largest absolute Gasteiger partial charge is 0.455 e. The van der Waals surface area contributed by atoms with Crippen molar-refractivity contribution < 1.29 is 52.6 Å². The molecule has 0 amide bonds. The van der Waals surface area contributed by atoms with Crippen molar-refractivity contribution in [3.63, 3.8) is 0 Å². The van der Waals surface area contributed by atoms with Gasteiger partial charge in [-0.2, -0.15) is 0 Å². The molecule has 18 atom stereocenters. The lowest BCUT2D eigenvalue weighted by molar-refractivity contribution is -0.319. The first kappa shape index (κ1) is 43.6. The van der Waals surface area contributed by atoms with E-state index in [0.717, 1.165) is 19.3 Å². The van der Waals surface area contributed by atoms with E-state index in [4.69, 9.17) is 37.9 Å². The van der Waals surface area contributed by atoms with Crippen molar-refractivity contribution in [3.8, 4) is 0 Å². The number of hydrogen-bond donors (Lipinski definition) is 1. The highest BCUT2D eigenvalue weighted by molar-refractivity contribution is 5.99. The van der Waals surface area contributed by atoms with Gasteiger partial charge in [-0.1, -0.05) is 38.2 Å². The summed E-state index contributed by atoms with van der Waals surface area (Å²) in [7, 11) is 8.98. The van der Waals surface area contributed by atoms with Gasteiger partial charge in [0.15, 0.2) is 18.4 Å². The highest BCUT2D eigenvalue weighted by atomic mass is 16.7. The Morgan fingerprint density at radius 1 is 0.893 bits per heavy atom. The minimum Gasteiger partial charge on any atom is -0.455 e. The molecule has 0 aromatic rings. The number of aliphatic hydroxyl groups excluding tert-OH is 1. The maximum Gasteiger partial charge on any atom is 0.307 e. The molecule has 4 fully saturated rings. The third-order valence-corrected chi connectivity index (χ3v) is 13.8. The highest BCUT2D eigenvalue weighted by Crippen LogP contribution is 2.54. The van der Waals surface area contributed by atoms with Crippen LogP contribution < -0.4 is 0 Å². The number of carbonyl (C=O) groups is 2. The van der Waals surface area contributed by atoms with Crippen molar-refractivity contribution in [2.45, 2.75) is 159 Å². The number of fused-ring (bicyclic) bond motifs is 5. The summed E-state index contributed by atoms with van der Waals surface area (Å²) in [4.78, 5) is 30.9. The molecule has 0 bridgehead atoms. The van der Waals surface area contributed by atoms with E-state index in [0.29, 0.717) is 37.3 Å². The molecule has 1 N–H and O–H groups in total. The number of ether oxygens (including phenoxy) is 8. The number of hydrogen-bond acceptors (Lipinski definition) is 12. The van der Waals surface area contributed by atoms with Gasteiger partial charge in [-0.25, -0.2) is 0 Å². The number of allylic oxidation sites excluding steroid dienone is 4. The molecule has 0 radical (unpaired) electrons. The van der Waals surface area contributed by atoms with Gasteiger partial charge in [0, 0.05) is 45.1 Å². The van der Waals surface area contributed by atoms with Gasteiger partial charge in [0.25, 0.3) is 0 Å². The third kappa shape index (κ3) is 8.94. The fourth-order valence-corrected chi connectivity index (χ4v) is 10.8. The van der Waals surface area contributed by atoms with Crippen LogP contribution in [-0.2, 0) is 47.5 Å².